The van der Waals surface area contributed by atoms with Gasteiger partial charge in [-0.2, -0.15) is 0 Å². The van der Waals surface area contributed by atoms with Gasteiger partial charge in [0.15, 0.2) is 0 Å². The molecule has 1 atom stereocenters. The number of nitrogens with zero attached hydrogens (tertiary/aromatic N) is 1. The Labute approximate surface area is 106 Å². The third-order valence-electron chi connectivity index (χ3n) is 3.31. The minimum Gasteiger partial charge on any atom is -0.507 e. The zero-order chi connectivity index (χ0) is 12.5. The van der Waals surface area contributed by atoms with Gasteiger partial charge in [0, 0.05) is 18.2 Å². The van der Waals surface area contributed by atoms with Crippen LogP contribution in [-0.2, 0) is 11.3 Å². The van der Waals surface area contributed by atoms with Crippen LogP contribution in [-0.4, -0.2) is 16.9 Å². The van der Waals surface area contributed by atoms with Gasteiger partial charge in [-0.1, -0.05) is 41.6 Å². The van der Waals surface area contributed by atoms with E-state index in [1.165, 1.54) is 0 Å². The molecule has 3 nitrogen and oxygen atoms in total. The summed E-state index contributed by atoms with van der Waals surface area (Å²) in [7, 11) is 0. The summed E-state index contributed by atoms with van der Waals surface area (Å²) in [5, 5.41) is 16.2. The Morgan fingerprint density at radius 3 is 2.89 bits per heavy atom. The van der Waals surface area contributed by atoms with Crippen LogP contribution in [0.2, 0.25) is 0 Å². The van der Waals surface area contributed by atoms with Crippen molar-refractivity contribution >= 4 is 16.5 Å². The van der Waals surface area contributed by atoms with Gasteiger partial charge in [0.25, 0.3) is 0 Å². The first kappa shape index (κ1) is 11.1. The van der Waals surface area contributed by atoms with Gasteiger partial charge in [0.1, 0.15) is 11.9 Å². The summed E-state index contributed by atoms with van der Waals surface area (Å²) in [6.07, 6.45) is 1.58. The first-order chi connectivity index (χ1) is 8.74. The number of hydrogen-bond acceptors (Lipinski definition) is 3. The highest BCUT2D eigenvalue weighted by Crippen LogP contribution is 2.30. The van der Waals surface area contributed by atoms with Crippen molar-refractivity contribution in [2.75, 3.05) is 0 Å². The fourth-order valence-corrected chi connectivity index (χ4v) is 2.39. The van der Waals surface area contributed by atoms with Crippen molar-refractivity contribution in [3.8, 4) is 5.75 Å². The van der Waals surface area contributed by atoms with Crippen LogP contribution in [0.25, 0.3) is 10.8 Å². The van der Waals surface area contributed by atoms with E-state index in [1.807, 2.05) is 43.3 Å². The zero-order valence-corrected chi connectivity index (χ0v) is 10.3. The SMILES string of the molecule is CC1=NOC(Cc2ccc3ccccc3c2O)C1. The number of benzene rings is 2. The van der Waals surface area contributed by atoms with E-state index < -0.39 is 0 Å². The highest BCUT2D eigenvalue weighted by molar-refractivity contribution is 5.89. The third kappa shape index (κ3) is 1.92. The molecule has 0 spiro atoms. The molecule has 1 heterocycles. The van der Waals surface area contributed by atoms with Crippen LogP contribution in [0.4, 0.5) is 0 Å². The summed E-state index contributed by atoms with van der Waals surface area (Å²) in [6, 6.07) is 11.8. The first-order valence-corrected chi connectivity index (χ1v) is 6.13. The molecule has 0 aliphatic carbocycles. The molecule has 2 aromatic rings. The number of phenolic OH excluding ortho intramolecular Hbond substituents is 1. The number of hydrogen-bond donors (Lipinski definition) is 1. The van der Waals surface area contributed by atoms with E-state index >= 15 is 0 Å². The zero-order valence-electron chi connectivity index (χ0n) is 10.3. The summed E-state index contributed by atoms with van der Waals surface area (Å²) in [6.45, 7) is 1.96. The van der Waals surface area contributed by atoms with Gasteiger partial charge in [-0.25, -0.2) is 0 Å². The minimum atomic E-state index is 0.0528. The van der Waals surface area contributed by atoms with Crippen LogP contribution in [0, 0.1) is 0 Å². The van der Waals surface area contributed by atoms with Gasteiger partial charge in [0.2, 0.25) is 0 Å². The van der Waals surface area contributed by atoms with E-state index in [1.54, 1.807) is 0 Å². The van der Waals surface area contributed by atoms with Crippen molar-refractivity contribution in [3.05, 3.63) is 42.0 Å². The smallest absolute Gasteiger partial charge is 0.137 e. The number of rotatable bonds is 2. The van der Waals surface area contributed by atoms with E-state index in [2.05, 4.69) is 5.16 Å². The molecular weight excluding hydrogens is 226 g/mol. The van der Waals surface area contributed by atoms with Crippen LogP contribution >= 0.6 is 0 Å². The summed E-state index contributed by atoms with van der Waals surface area (Å²) < 4.78 is 0. The maximum absolute atomic E-state index is 10.3. The number of oxime groups is 1. The van der Waals surface area contributed by atoms with Crippen molar-refractivity contribution in [3.63, 3.8) is 0 Å². The molecule has 1 unspecified atom stereocenters. The predicted octanol–water partition coefficient (Wildman–Crippen LogP) is 3.25. The summed E-state index contributed by atoms with van der Waals surface area (Å²) in [5.74, 6) is 0.362. The molecule has 0 saturated heterocycles. The van der Waals surface area contributed by atoms with E-state index in [9.17, 15) is 5.11 Å². The topological polar surface area (TPSA) is 41.8 Å². The van der Waals surface area contributed by atoms with Crippen LogP contribution in [0.5, 0.6) is 5.75 Å². The van der Waals surface area contributed by atoms with E-state index in [-0.39, 0.29) is 6.10 Å². The maximum Gasteiger partial charge on any atom is 0.137 e. The van der Waals surface area contributed by atoms with Gasteiger partial charge >= 0.3 is 0 Å². The fourth-order valence-electron chi connectivity index (χ4n) is 2.39. The Morgan fingerprint density at radius 2 is 2.11 bits per heavy atom. The van der Waals surface area contributed by atoms with Gasteiger partial charge < -0.3 is 9.94 Å². The Kier molecular flexibility index (Phi) is 2.67. The molecule has 1 aliphatic rings. The van der Waals surface area contributed by atoms with Crippen LogP contribution in [0.15, 0.2) is 41.6 Å². The molecule has 2 aromatic carbocycles. The van der Waals surface area contributed by atoms with Crippen molar-refractivity contribution in [1.82, 2.24) is 0 Å². The second-order valence-electron chi connectivity index (χ2n) is 4.76. The van der Waals surface area contributed by atoms with E-state index in [4.69, 9.17) is 4.84 Å². The Morgan fingerprint density at radius 1 is 1.28 bits per heavy atom. The van der Waals surface area contributed by atoms with Gasteiger partial charge in [-0.15, -0.1) is 0 Å². The Hall–Kier alpha value is -2.03. The second-order valence-corrected chi connectivity index (χ2v) is 4.76. The molecule has 0 radical (unpaired) electrons. The maximum atomic E-state index is 10.3. The molecule has 0 bridgehead atoms. The molecule has 3 rings (SSSR count). The lowest BCUT2D eigenvalue weighted by atomic mass is 9.99. The van der Waals surface area contributed by atoms with Gasteiger partial charge in [-0.3, -0.25) is 0 Å². The molecule has 0 aromatic heterocycles. The average Bonchev–Trinajstić information content (AvgIpc) is 2.79. The molecule has 0 amide bonds. The molecule has 0 saturated carbocycles. The first-order valence-electron chi connectivity index (χ1n) is 6.13. The summed E-state index contributed by atoms with van der Waals surface area (Å²) in [4.78, 5) is 5.31. The van der Waals surface area contributed by atoms with Crippen LogP contribution < -0.4 is 0 Å². The van der Waals surface area contributed by atoms with Crippen molar-refractivity contribution < 1.29 is 9.94 Å². The molecular formula is C15H15NO2. The standard InChI is InChI=1S/C15H15NO2/c1-10-8-13(18-16-10)9-12-7-6-11-4-2-3-5-14(11)15(12)17/h2-7,13,17H,8-9H2,1H3. The lowest BCUT2D eigenvalue weighted by molar-refractivity contribution is 0.0855. The Bertz CT molecular complexity index is 619. The van der Waals surface area contributed by atoms with Crippen molar-refractivity contribution in [2.24, 2.45) is 5.16 Å². The van der Waals surface area contributed by atoms with Gasteiger partial charge in [0.05, 0.1) is 5.71 Å². The summed E-state index contributed by atoms with van der Waals surface area (Å²) >= 11 is 0. The molecule has 92 valence electrons. The summed E-state index contributed by atoms with van der Waals surface area (Å²) in [5.41, 5.74) is 1.93. The van der Waals surface area contributed by atoms with Gasteiger partial charge in [-0.05, 0) is 17.9 Å². The predicted molar refractivity (Wildman–Crippen MR) is 71.9 cm³/mol. The normalized spacial score (nSPS) is 18.7. The number of fused-ring (bicyclic) bond motifs is 1. The highest BCUT2D eigenvalue weighted by atomic mass is 16.6. The quantitative estimate of drug-likeness (QED) is 0.876. The molecule has 3 heteroatoms. The lowest BCUT2D eigenvalue weighted by Gasteiger charge is -2.11. The lowest BCUT2D eigenvalue weighted by Crippen LogP contribution is -2.10. The monoisotopic (exact) mass is 241 g/mol. The third-order valence-corrected chi connectivity index (χ3v) is 3.31. The fraction of sp³-hybridized carbons (Fsp3) is 0.267. The second kappa shape index (κ2) is 4.33. The number of aromatic hydroxyl groups is 1. The molecule has 18 heavy (non-hydrogen) atoms. The Balaban J connectivity index is 1.91. The van der Waals surface area contributed by atoms with E-state index in [0.29, 0.717) is 12.2 Å². The highest BCUT2D eigenvalue weighted by Gasteiger charge is 2.20. The molecule has 0 fully saturated rings. The largest absolute Gasteiger partial charge is 0.507 e. The average molecular weight is 241 g/mol. The molecule has 1 aliphatic heterocycles. The van der Waals surface area contributed by atoms with Crippen molar-refractivity contribution in [2.45, 2.75) is 25.9 Å². The van der Waals surface area contributed by atoms with Crippen LogP contribution in [0.3, 0.4) is 0 Å². The number of phenols is 1. The van der Waals surface area contributed by atoms with Crippen molar-refractivity contribution in [1.29, 1.82) is 0 Å². The molecule has 1 N–H and O–H groups in total. The van der Waals surface area contributed by atoms with E-state index in [0.717, 1.165) is 28.5 Å². The minimum absolute atomic E-state index is 0.0528. The van der Waals surface area contributed by atoms with Crippen LogP contribution in [0.1, 0.15) is 18.9 Å².